The van der Waals surface area contributed by atoms with Crippen LogP contribution in [0.15, 0.2) is 133 Å². The smallest absolute Gasteiger partial charge is 0.0700 e. The number of hydrogen-bond donors (Lipinski definition) is 0. The Balaban J connectivity index is 1.44. The Morgan fingerprint density at radius 3 is 1.76 bits per heavy atom. The molecule has 0 N–H and O–H groups in total. The first-order valence-corrected chi connectivity index (χ1v) is 15.9. The second-order valence-corrected chi connectivity index (χ2v) is 13.1. The van der Waals surface area contributed by atoms with E-state index in [1.165, 1.54) is 88.9 Å². The summed E-state index contributed by atoms with van der Waals surface area (Å²) in [6.45, 7) is 6.95. The molecule has 0 fully saturated rings. The largest absolute Gasteiger partial charge is 0.341 e. The second-order valence-electron chi connectivity index (χ2n) is 13.1. The highest BCUT2D eigenvalue weighted by Crippen LogP contribution is 2.57. The van der Waals surface area contributed by atoms with Crippen molar-refractivity contribution in [2.75, 3.05) is 16.8 Å². The van der Waals surface area contributed by atoms with Crippen LogP contribution < -0.4 is 9.80 Å². The molecule has 0 aromatic heterocycles. The van der Waals surface area contributed by atoms with Gasteiger partial charge in [-0.3, -0.25) is 0 Å². The molecule has 2 heteroatoms. The van der Waals surface area contributed by atoms with E-state index < -0.39 is 0 Å². The number of nitrogens with zero attached hydrogens (tertiary/aromatic N) is 2. The van der Waals surface area contributed by atoms with Crippen molar-refractivity contribution < 1.29 is 0 Å². The van der Waals surface area contributed by atoms with Crippen LogP contribution in [0.2, 0.25) is 0 Å². The number of benzene rings is 7. The van der Waals surface area contributed by atoms with Crippen LogP contribution in [0.3, 0.4) is 0 Å². The first-order valence-electron chi connectivity index (χ1n) is 15.9. The minimum Gasteiger partial charge on any atom is -0.341 e. The van der Waals surface area contributed by atoms with Crippen LogP contribution in [0.4, 0.5) is 28.4 Å². The van der Waals surface area contributed by atoms with Crippen molar-refractivity contribution >= 4 is 50.0 Å². The molecule has 7 aromatic rings. The van der Waals surface area contributed by atoms with Gasteiger partial charge in [-0.1, -0.05) is 129 Å². The molecule has 2 nitrogen and oxygen atoms in total. The zero-order valence-electron chi connectivity index (χ0n) is 26.1. The lowest BCUT2D eigenvalue weighted by atomic mass is 9.81. The predicted molar refractivity (Wildman–Crippen MR) is 192 cm³/mol. The molecule has 216 valence electrons. The summed E-state index contributed by atoms with van der Waals surface area (Å²) in [5.74, 6) is 0. The normalized spacial score (nSPS) is 14.3. The van der Waals surface area contributed by atoms with Crippen LogP contribution >= 0.6 is 0 Å². The highest BCUT2D eigenvalue weighted by molar-refractivity contribution is 6.24. The Morgan fingerprint density at radius 2 is 1.02 bits per heavy atom. The van der Waals surface area contributed by atoms with E-state index in [0.717, 1.165) is 0 Å². The Kier molecular flexibility index (Phi) is 5.41. The van der Waals surface area contributed by atoms with Crippen molar-refractivity contribution in [3.8, 4) is 22.3 Å². The first kappa shape index (κ1) is 26.1. The van der Waals surface area contributed by atoms with Gasteiger partial charge in [-0.05, 0) is 75.3 Å². The summed E-state index contributed by atoms with van der Waals surface area (Å²) in [5, 5.41) is 5.07. The molecule has 0 spiro atoms. The second kappa shape index (κ2) is 9.33. The van der Waals surface area contributed by atoms with Gasteiger partial charge < -0.3 is 9.80 Å². The molecule has 9 rings (SSSR count). The van der Waals surface area contributed by atoms with Crippen molar-refractivity contribution in [1.82, 2.24) is 0 Å². The maximum absolute atomic E-state index is 2.50. The molecule has 0 bridgehead atoms. The number of rotatable bonds is 2. The van der Waals surface area contributed by atoms with Gasteiger partial charge in [0.25, 0.3) is 0 Å². The molecule has 1 aliphatic heterocycles. The monoisotopic (exact) mass is 578 g/mol. The van der Waals surface area contributed by atoms with Crippen LogP contribution in [0.5, 0.6) is 0 Å². The van der Waals surface area contributed by atoms with E-state index in [0.29, 0.717) is 0 Å². The van der Waals surface area contributed by atoms with E-state index in [9.17, 15) is 0 Å². The number of anilines is 5. The zero-order valence-corrected chi connectivity index (χ0v) is 26.1. The Labute approximate surface area is 264 Å². The minimum atomic E-state index is -0.0589. The molecule has 0 unspecified atom stereocenters. The lowest BCUT2D eigenvalue weighted by Crippen LogP contribution is -2.24. The van der Waals surface area contributed by atoms with Crippen molar-refractivity contribution in [3.05, 3.63) is 150 Å². The van der Waals surface area contributed by atoms with Crippen LogP contribution in [0, 0.1) is 6.92 Å². The fourth-order valence-corrected chi connectivity index (χ4v) is 8.14. The average molecular weight is 579 g/mol. The van der Waals surface area contributed by atoms with E-state index >= 15 is 0 Å². The molecule has 0 saturated heterocycles. The highest BCUT2D eigenvalue weighted by atomic mass is 15.3. The van der Waals surface area contributed by atoms with Crippen molar-refractivity contribution in [1.29, 1.82) is 0 Å². The summed E-state index contributed by atoms with van der Waals surface area (Å²) in [6, 6.07) is 49.6. The van der Waals surface area contributed by atoms with Crippen molar-refractivity contribution in [2.24, 2.45) is 0 Å². The van der Waals surface area contributed by atoms with E-state index in [1.54, 1.807) is 0 Å². The lowest BCUT2D eigenvalue weighted by molar-refractivity contribution is 0.660. The van der Waals surface area contributed by atoms with Crippen LogP contribution in [-0.4, -0.2) is 7.05 Å². The van der Waals surface area contributed by atoms with E-state index in [4.69, 9.17) is 0 Å². The fourth-order valence-electron chi connectivity index (χ4n) is 8.14. The van der Waals surface area contributed by atoms with Gasteiger partial charge in [0.2, 0.25) is 0 Å². The topological polar surface area (TPSA) is 6.48 Å². The number of fused-ring (bicyclic) bond motifs is 7. The maximum Gasteiger partial charge on any atom is 0.0700 e. The van der Waals surface area contributed by atoms with Crippen molar-refractivity contribution in [3.63, 3.8) is 0 Å². The summed E-state index contributed by atoms with van der Waals surface area (Å²) in [5.41, 5.74) is 15.4. The van der Waals surface area contributed by atoms with Gasteiger partial charge >= 0.3 is 0 Å². The molecule has 0 radical (unpaired) electrons. The SMILES string of the molecule is Cc1ccc2c(N3c4ccccc4N(C)c4ccccc43)c3ccccc3c(-c3cccc4c3-c3ccccc3C4(C)C)c2c1. The number of para-hydroxylation sites is 4. The summed E-state index contributed by atoms with van der Waals surface area (Å²) < 4.78 is 0. The molecule has 45 heavy (non-hydrogen) atoms. The van der Waals surface area contributed by atoms with Crippen LogP contribution in [-0.2, 0) is 5.41 Å². The third kappa shape index (κ3) is 3.51. The summed E-state index contributed by atoms with van der Waals surface area (Å²) in [6.07, 6.45) is 0. The number of hydrogen-bond acceptors (Lipinski definition) is 2. The summed E-state index contributed by atoms with van der Waals surface area (Å²) in [4.78, 5) is 4.82. The predicted octanol–water partition coefficient (Wildman–Crippen LogP) is 11.8. The molecule has 0 atom stereocenters. The summed E-state index contributed by atoms with van der Waals surface area (Å²) >= 11 is 0. The third-order valence-corrected chi connectivity index (χ3v) is 10.2. The third-order valence-electron chi connectivity index (χ3n) is 10.2. The molecule has 0 amide bonds. The molecule has 0 saturated carbocycles. The minimum absolute atomic E-state index is 0.0589. The zero-order chi connectivity index (χ0) is 30.4. The Hall–Kier alpha value is -5.34. The molecular weight excluding hydrogens is 544 g/mol. The van der Waals surface area contributed by atoms with Gasteiger partial charge in [0.05, 0.1) is 28.4 Å². The lowest BCUT2D eigenvalue weighted by Gasteiger charge is -2.39. The van der Waals surface area contributed by atoms with Gasteiger partial charge in [-0.25, -0.2) is 0 Å². The van der Waals surface area contributed by atoms with Gasteiger partial charge in [0, 0.05) is 23.2 Å². The fraction of sp³-hybridized carbons (Fsp3) is 0.116. The van der Waals surface area contributed by atoms with Gasteiger partial charge in [0.1, 0.15) is 0 Å². The van der Waals surface area contributed by atoms with Gasteiger partial charge in [-0.15, -0.1) is 0 Å². The molecule has 1 aliphatic carbocycles. The Bertz CT molecular complexity index is 2300. The summed E-state index contributed by atoms with van der Waals surface area (Å²) in [7, 11) is 2.17. The van der Waals surface area contributed by atoms with E-state index in [-0.39, 0.29) is 5.41 Å². The molecule has 2 aliphatic rings. The highest BCUT2D eigenvalue weighted by Gasteiger charge is 2.37. The van der Waals surface area contributed by atoms with Crippen LogP contribution in [0.25, 0.3) is 43.8 Å². The standard InChI is InChI=1S/C43H34N2/c1-27-24-25-30-33(26-27)40(32-17-13-19-35-41(32)31-16-7-8-18-34(31)43(35,2)3)28-14-5-6-15-29(28)42(30)45-38-22-11-9-20-36(38)44(4)37-21-10-12-23-39(37)45/h5-26H,1-4H3. The quantitative estimate of drug-likeness (QED) is 0.188. The average Bonchev–Trinajstić information content (AvgIpc) is 3.31. The molecular formula is C43H34N2. The maximum atomic E-state index is 2.50. The number of aryl methyl sites for hydroxylation is 1. The van der Waals surface area contributed by atoms with E-state index in [2.05, 4.69) is 171 Å². The van der Waals surface area contributed by atoms with Gasteiger partial charge in [0.15, 0.2) is 0 Å². The van der Waals surface area contributed by atoms with Crippen molar-refractivity contribution in [2.45, 2.75) is 26.2 Å². The molecule has 7 aromatic carbocycles. The van der Waals surface area contributed by atoms with Gasteiger partial charge in [-0.2, -0.15) is 0 Å². The van der Waals surface area contributed by atoms with E-state index in [1.807, 2.05) is 0 Å². The van der Waals surface area contributed by atoms with Crippen LogP contribution in [0.1, 0.15) is 30.5 Å². The Morgan fingerprint density at radius 1 is 0.467 bits per heavy atom. The first-order chi connectivity index (χ1) is 21.9. The molecule has 1 heterocycles.